The molecule has 0 aliphatic carbocycles. The normalized spacial score (nSPS) is 17.6. The zero-order valence-electron chi connectivity index (χ0n) is 11.8. The Labute approximate surface area is 128 Å². The molecule has 4 heteroatoms. The van der Waals surface area contributed by atoms with Crippen molar-refractivity contribution < 1.29 is 9.13 Å². The molecule has 2 nitrogen and oxygen atoms in total. The molecule has 1 heterocycles. The van der Waals surface area contributed by atoms with Crippen molar-refractivity contribution in [1.82, 2.24) is 0 Å². The van der Waals surface area contributed by atoms with Crippen LogP contribution in [0.1, 0.15) is 30.0 Å². The van der Waals surface area contributed by atoms with Crippen molar-refractivity contribution in [2.75, 3.05) is 11.9 Å². The smallest absolute Gasteiger partial charge is 0.127 e. The van der Waals surface area contributed by atoms with Crippen LogP contribution in [0.3, 0.4) is 0 Å². The number of para-hydroxylation sites is 1. The maximum Gasteiger partial charge on any atom is 0.127 e. The average Bonchev–Trinajstić information content (AvgIpc) is 2.67. The van der Waals surface area contributed by atoms with Gasteiger partial charge in [-0.2, -0.15) is 0 Å². The third-order valence-electron chi connectivity index (χ3n) is 3.76. The summed E-state index contributed by atoms with van der Waals surface area (Å²) in [6.07, 6.45) is 1.86. The maximum atomic E-state index is 13.4. The minimum absolute atomic E-state index is 0.0710. The lowest BCUT2D eigenvalue weighted by molar-refractivity contribution is 0.314. The van der Waals surface area contributed by atoms with Crippen LogP contribution in [0, 0.1) is 12.7 Å². The molecule has 1 atom stereocenters. The Kier molecular flexibility index (Phi) is 4.02. The number of hydrogen-bond donors (Lipinski definition) is 1. The Morgan fingerprint density at radius 1 is 1.29 bits per heavy atom. The quantitative estimate of drug-likeness (QED) is 0.832. The molecule has 1 aliphatic rings. The van der Waals surface area contributed by atoms with Gasteiger partial charge >= 0.3 is 0 Å². The Bertz CT molecular complexity index is 659. The third-order valence-corrected chi connectivity index (χ3v) is 4.09. The van der Waals surface area contributed by atoms with Crippen LogP contribution in [0.4, 0.5) is 10.1 Å². The Morgan fingerprint density at radius 2 is 2.14 bits per heavy atom. The number of hydrogen-bond acceptors (Lipinski definition) is 2. The van der Waals surface area contributed by atoms with Gasteiger partial charge in [-0.05, 0) is 43.5 Å². The number of ether oxygens (including phenoxy) is 1. The van der Waals surface area contributed by atoms with E-state index in [2.05, 4.69) is 11.4 Å². The first-order valence-electron chi connectivity index (χ1n) is 7.09. The van der Waals surface area contributed by atoms with Gasteiger partial charge in [-0.1, -0.05) is 29.8 Å². The van der Waals surface area contributed by atoms with Gasteiger partial charge in [-0.3, -0.25) is 0 Å². The van der Waals surface area contributed by atoms with Crippen LogP contribution < -0.4 is 10.1 Å². The molecule has 0 spiro atoms. The number of benzene rings is 2. The minimum atomic E-state index is -0.295. The van der Waals surface area contributed by atoms with Gasteiger partial charge in [0.25, 0.3) is 0 Å². The molecule has 1 unspecified atom stereocenters. The van der Waals surface area contributed by atoms with Crippen molar-refractivity contribution >= 4 is 17.3 Å². The number of nitrogens with one attached hydrogen (secondary N) is 1. The summed E-state index contributed by atoms with van der Waals surface area (Å²) < 4.78 is 19.3. The second-order valence-electron chi connectivity index (χ2n) is 5.31. The number of anilines is 1. The molecule has 0 aromatic heterocycles. The highest BCUT2D eigenvalue weighted by Gasteiger charge is 2.21. The van der Waals surface area contributed by atoms with Crippen molar-refractivity contribution in [2.24, 2.45) is 0 Å². The average molecular weight is 306 g/mol. The maximum absolute atomic E-state index is 13.4. The minimum Gasteiger partial charge on any atom is -0.493 e. The SMILES string of the molecule is Cc1cccc2c1OCCCC2Nc1cc(F)ccc1Cl. The summed E-state index contributed by atoms with van der Waals surface area (Å²) in [7, 11) is 0. The van der Waals surface area contributed by atoms with E-state index in [9.17, 15) is 4.39 Å². The molecule has 2 aromatic rings. The third kappa shape index (κ3) is 2.98. The predicted octanol–water partition coefficient (Wildman–Crippen LogP) is 5.11. The van der Waals surface area contributed by atoms with Crippen LogP contribution in [0.2, 0.25) is 5.02 Å². The van der Waals surface area contributed by atoms with Crippen LogP contribution in [0.15, 0.2) is 36.4 Å². The molecular formula is C17H17ClFNO. The Balaban J connectivity index is 1.96. The highest BCUT2D eigenvalue weighted by atomic mass is 35.5. The summed E-state index contributed by atoms with van der Waals surface area (Å²) in [4.78, 5) is 0. The van der Waals surface area contributed by atoms with Gasteiger partial charge in [-0.15, -0.1) is 0 Å². The lowest BCUT2D eigenvalue weighted by Crippen LogP contribution is -2.11. The van der Waals surface area contributed by atoms with Crippen LogP contribution >= 0.6 is 11.6 Å². The molecule has 0 bridgehead atoms. The fraction of sp³-hybridized carbons (Fsp3) is 0.294. The molecule has 1 N–H and O–H groups in total. The van der Waals surface area contributed by atoms with Crippen molar-refractivity contribution in [3.8, 4) is 5.75 Å². The van der Waals surface area contributed by atoms with Gasteiger partial charge in [0.2, 0.25) is 0 Å². The first-order chi connectivity index (χ1) is 10.1. The fourth-order valence-electron chi connectivity index (χ4n) is 2.71. The highest BCUT2D eigenvalue weighted by Crippen LogP contribution is 2.37. The van der Waals surface area contributed by atoms with Gasteiger partial charge in [0.05, 0.1) is 23.4 Å². The van der Waals surface area contributed by atoms with Gasteiger partial charge in [-0.25, -0.2) is 4.39 Å². The molecule has 0 saturated carbocycles. The summed E-state index contributed by atoms with van der Waals surface area (Å²) >= 11 is 6.15. The molecule has 0 saturated heterocycles. The lowest BCUT2D eigenvalue weighted by Gasteiger charge is -2.21. The van der Waals surface area contributed by atoms with Gasteiger partial charge in [0, 0.05) is 5.56 Å². The van der Waals surface area contributed by atoms with Crippen molar-refractivity contribution in [1.29, 1.82) is 0 Å². The molecule has 1 aliphatic heterocycles. The first-order valence-corrected chi connectivity index (χ1v) is 7.47. The number of halogens is 2. The largest absolute Gasteiger partial charge is 0.493 e. The first kappa shape index (κ1) is 14.2. The van der Waals surface area contributed by atoms with E-state index in [4.69, 9.17) is 16.3 Å². The molecule has 110 valence electrons. The van der Waals surface area contributed by atoms with Crippen LogP contribution in [0.5, 0.6) is 5.75 Å². The monoisotopic (exact) mass is 305 g/mol. The van der Waals surface area contributed by atoms with Crippen LogP contribution in [-0.2, 0) is 0 Å². The van der Waals surface area contributed by atoms with E-state index >= 15 is 0 Å². The highest BCUT2D eigenvalue weighted by molar-refractivity contribution is 6.33. The topological polar surface area (TPSA) is 21.3 Å². The van der Waals surface area contributed by atoms with Gasteiger partial charge < -0.3 is 10.1 Å². The fourth-order valence-corrected chi connectivity index (χ4v) is 2.88. The van der Waals surface area contributed by atoms with E-state index in [-0.39, 0.29) is 11.9 Å². The molecule has 0 fully saturated rings. The summed E-state index contributed by atoms with van der Waals surface area (Å²) in [5, 5.41) is 3.89. The zero-order valence-corrected chi connectivity index (χ0v) is 12.6. The van der Waals surface area contributed by atoms with E-state index in [0.717, 1.165) is 29.7 Å². The van der Waals surface area contributed by atoms with Crippen molar-refractivity contribution in [3.05, 3.63) is 58.4 Å². The molecule has 0 radical (unpaired) electrons. The molecule has 0 amide bonds. The van der Waals surface area contributed by atoms with E-state index in [1.165, 1.54) is 12.1 Å². The Morgan fingerprint density at radius 3 is 3.00 bits per heavy atom. The summed E-state index contributed by atoms with van der Waals surface area (Å²) in [6, 6.07) is 10.6. The lowest BCUT2D eigenvalue weighted by atomic mass is 9.99. The van der Waals surface area contributed by atoms with E-state index in [1.807, 2.05) is 19.1 Å². The summed E-state index contributed by atoms with van der Waals surface area (Å²) in [5.41, 5.74) is 2.84. The van der Waals surface area contributed by atoms with E-state index in [1.54, 1.807) is 6.07 Å². The molecular weight excluding hydrogens is 289 g/mol. The van der Waals surface area contributed by atoms with Gasteiger partial charge in [0.15, 0.2) is 0 Å². The van der Waals surface area contributed by atoms with Gasteiger partial charge in [0.1, 0.15) is 11.6 Å². The molecule has 3 rings (SSSR count). The number of fused-ring (bicyclic) bond motifs is 1. The van der Waals surface area contributed by atoms with Crippen molar-refractivity contribution in [2.45, 2.75) is 25.8 Å². The molecule has 2 aromatic carbocycles. The summed E-state index contributed by atoms with van der Waals surface area (Å²) in [5.74, 6) is 0.635. The second-order valence-corrected chi connectivity index (χ2v) is 5.71. The zero-order chi connectivity index (χ0) is 14.8. The standard InChI is InChI=1S/C17H17ClFNO/c1-11-4-2-5-13-15(6-3-9-21-17(11)13)20-16-10-12(19)7-8-14(16)18/h2,4-5,7-8,10,15,20H,3,6,9H2,1H3. The van der Waals surface area contributed by atoms with E-state index < -0.39 is 0 Å². The number of rotatable bonds is 2. The predicted molar refractivity (Wildman–Crippen MR) is 83.7 cm³/mol. The van der Waals surface area contributed by atoms with Crippen molar-refractivity contribution in [3.63, 3.8) is 0 Å². The van der Waals surface area contributed by atoms with Crippen LogP contribution in [0.25, 0.3) is 0 Å². The van der Waals surface area contributed by atoms with E-state index in [0.29, 0.717) is 17.3 Å². The van der Waals surface area contributed by atoms with Crippen LogP contribution in [-0.4, -0.2) is 6.61 Å². The Hall–Kier alpha value is -1.74. The second kappa shape index (κ2) is 5.94. The number of aryl methyl sites for hydroxylation is 1. The molecule has 21 heavy (non-hydrogen) atoms. The summed E-state index contributed by atoms with van der Waals surface area (Å²) in [6.45, 7) is 2.74.